The van der Waals surface area contributed by atoms with Crippen LogP contribution in [0.4, 0.5) is 17.6 Å². The minimum atomic E-state index is -4.19. The van der Waals surface area contributed by atoms with Crippen molar-refractivity contribution in [1.29, 1.82) is 0 Å². The van der Waals surface area contributed by atoms with Gasteiger partial charge in [0.05, 0.1) is 46.3 Å². The fourth-order valence-corrected chi connectivity index (χ4v) is 14.1. The molecule has 8 nitrogen and oxygen atoms in total. The molecule has 0 aromatic heterocycles. The molecular weight excluding hydrogens is 969 g/mol. The molecule has 1 N–H and O–H groups in total. The van der Waals surface area contributed by atoms with Gasteiger partial charge in [0.25, 0.3) is 0 Å². The van der Waals surface area contributed by atoms with Gasteiger partial charge in [-0.15, -0.1) is 0 Å². The van der Waals surface area contributed by atoms with Crippen molar-refractivity contribution in [2.75, 3.05) is 25.3 Å². The van der Waals surface area contributed by atoms with Crippen molar-refractivity contribution < 1.29 is 84.7 Å². The van der Waals surface area contributed by atoms with Crippen LogP contribution in [0.3, 0.4) is 0 Å². The van der Waals surface area contributed by atoms with E-state index in [2.05, 4.69) is 22.6 Å². The molecule has 2 aliphatic heterocycles. The number of alkyl halides is 1. The Kier molecular flexibility index (Phi) is 15.3. The number of hydrogen-bond acceptors (Lipinski definition) is 8. The molecule has 0 saturated heterocycles. The molecule has 4 aliphatic rings. The summed E-state index contributed by atoms with van der Waals surface area (Å²) in [5, 5.41) is 11.3. The molecule has 2 heterocycles. The molecule has 2 unspecified atom stereocenters. The maximum atomic E-state index is 15.0. The summed E-state index contributed by atoms with van der Waals surface area (Å²) in [5.41, 5.74) is -0.562. The standard InChI is InChI=1S/C20H19ClF2O4S.C19H17ClF2O4S.CH3I.Na.H/c1-26-17-3-2-10-20(28(24,25)13-6-4-12(21)5-7-13)14(17)11-27-19-16(23)9-8-15(22)18(19)20;20-11-3-5-12(6-4-11)27(24,25)19-9-1-2-16(23)13(19)10-26-18-15(22)8-7-14(21)17(18)19;1-2;;/h4-9,14,17H,2-3,10-11H2,1H3;3-8,13,16,23H,1-2,9-10H2;1H3;;/q;;;+1;-1/t14?,17-,20+;13?,16-,19+;;;/m00.../s1. The fraction of sp³-hybridized carbons (Fsp3) is 0.400. The normalized spacial score (nSPS) is 25.8. The van der Waals surface area contributed by atoms with Gasteiger partial charge in [0.15, 0.2) is 42.8 Å². The van der Waals surface area contributed by atoms with Gasteiger partial charge < -0.3 is 20.7 Å². The van der Waals surface area contributed by atoms with Crippen LogP contribution in [-0.2, 0) is 33.9 Å². The van der Waals surface area contributed by atoms with E-state index in [9.17, 15) is 35.1 Å². The van der Waals surface area contributed by atoms with Crippen molar-refractivity contribution in [3.8, 4) is 11.5 Å². The van der Waals surface area contributed by atoms with E-state index in [1.807, 2.05) is 4.93 Å². The van der Waals surface area contributed by atoms with Crippen LogP contribution < -0.4 is 39.0 Å². The number of aliphatic hydroxyl groups excluding tert-OH is 1. The molecular formula is C40H40Cl2F4INaO8S2. The second-order valence-corrected chi connectivity index (χ2v) is 19.4. The number of halogens is 7. The Morgan fingerprint density at radius 2 is 1.05 bits per heavy atom. The van der Waals surface area contributed by atoms with E-state index in [1.165, 1.54) is 55.6 Å². The molecule has 58 heavy (non-hydrogen) atoms. The monoisotopic (exact) mass is 1010 g/mol. The Morgan fingerprint density at radius 3 is 1.48 bits per heavy atom. The van der Waals surface area contributed by atoms with Crippen LogP contribution in [0.5, 0.6) is 11.5 Å². The number of benzene rings is 4. The van der Waals surface area contributed by atoms with Crippen molar-refractivity contribution in [2.45, 2.75) is 70.0 Å². The zero-order valence-electron chi connectivity index (χ0n) is 32.7. The number of ether oxygens (including phenoxy) is 3. The molecule has 0 amide bonds. The second-order valence-electron chi connectivity index (χ2n) is 14.1. The summed E-state index contributed by atoms with van der Waals surface area (Å²) < 4.78 is 127. The number of methoxy groups -OCH3 is 1. The van der Waals surface area contributed by atoms with E-state index in [4.69, 9.17) is 37.4 Å². The maximum Gasteiger partial charge on any atom is 1.00 e. The van der Waals surface area contributed by atoms with E-state index in [-0.39, 0.29) is 83.7 Å². The molecule has 0 radical (unpaired) electrons. The average Bonchev–Trinajstić information content (AvgIpc) is 3.21. The summed E-state index contributed by atoms with van der Waals surface area (Å²) in [5.74, 6) is -5.55. The molecule has 4 aromatic carbocycles. The van der Waals surface area contributed by atoms with E-state index in [0.29, 0.717) is 35.7 Å². The van der Waals surface area contributed by atoms with E-state index >= 15 is 4.39 Å². The van der Waals surface area contributed by atoms with Gasteiger partial charge in [-0.2, -0.15) is 0 Å². The number of aliphatic hydroxyl groups is 1. The van der Waals surface area contributed by atoms with E-state index < -0.39 is 82.2 Å². The van der Waals surface area contributed by atoms with Crippen LogP contribution in [0.25, 0.3) is 0 Å². The molecule has 0 spiro atoms. The largest absolute Gasteiger partial charge is 1.00 e. The molecule has 8 rings (SSSR count). The first-order valence-corrected chi connectivity index (χ1v) is 23.8. The Labute approximate surface area is 382 Å². The summed E-state index contributed by atoms with van der Waals surface area (Å²) in [7, 11) is -6.82. The van der Waals surface area contributed by atoms with Gasteiger partial charge in [0.2, 0.25) is 0 Å². The van der Waals surface area contributed by atoms with Gasteiger partial charge in [-0.1, -0.05) is 45.8 Å². The first kappa shape index (κ1) is 47.4. The predicted molar refractivity (Wildman–Crippen MR) is 217 cm³/mol. The van der Waals surface area contributed by atoms with Gasteiger partial charge in [0.1, 0.15) is 21.1 Å². The van der Waals surface area contributed by atoms with E-state index in [1.54, 1.807) is 0 Å². The minimum Gasteiger partial charge on any atom is -1.00 e. The zero-order chi connectivity index (χ0) is 41.5. The third-order valence-electron chi connectivity index (χ3n) is 11.5. The number of rotatable bonds is 5. The van der Waals surface area contributed by atoms with Crippen LogP contribution in [0, 0.1) is 35.1 Å². The Balaban J connectivity index is 0.000000242. The summed E-state index contributed by atoms with van der Waals surface area (Å²) in [6.07, 6.45) is 0.614. The third kappa shape index (κ3) is 7.85. The van der Waals surface area contributed by atoms with Crippen LogP contribution >= 0.6 is 45.8 Å². The van der Waals surface area contributed by atoms with Gasteiger partial charge in [-0.05, 0) is 116 Å². The fourth-order valence-electron chi connectivity index (χ4n) is 8.98. The summed E-state index contributed by atoms with van der Waals surface area (Å²) in [6.45, 7) is -0.278. The molecule has 6 atom stereocenters. The molecule has 2 aliphatic carbocycles. The molecule has 4 aromatic rings. The van der Waals surface area contributed by atoms with Crippen LogP contribution in [0.2, 0.25) is 10.0 Å². The van der Waals surface area contributed by atoms with Gasteiger partial charge >= 0.3 is 29.6 Å². The first-order chi connectivity index (χ1) is 27.1. The minimum absolute atomic E-state index is 0. The average molecular weight is 1010 g/mol. The van der Waals surface area contributed by atoms with Crippen LogP contribution in [-0.4, -0.2) is 59.4 Å². The molecule has 0 bridgehead atoms. The number of fused-ring (bicyclic) bond motifs is 6. The van der Waals surface area contributed by atoms with Gasteiger partial charge in [-0.3, -0.25) is 0 Å². The summed E-state index contributed by atoms with van der Waals surface area (Å²) >= 11 is 13.9. The Bertz CT molecular complexity index is 2350. The van der Waals surface area contributed by atoms with Gasteiger partial charge in [0, 0.05) is 29.0 Å². The smallest absolute Gasteiger partial charge is 1.00 e. The predicted octanol–water partition coefficient (Wildman–Crippen LogP) is 6.50. The van der Waals surface area contributed by atoms with Crippen molar-refractivity contribution in [2.24, 2.45) is 11.8 Å². The topological polar surface area (TPSA) is 116 Å². The second kappa shape index (κ2) is 18.7. The van der Waals surface area contributed by atoms with Crippen molar-refractivity contribution in [1.82, 2.24) is 0 Å². The van der Waals surface area contributed by atoms with Crippen LogP contribution in [0.15, 0.2) is 82.6 Å². The van der Waals surface area contributed by atoms with Crippen molar-refractivity contribution in [3.63, 3.8) is 0 Å². The summed E-state index contributed by atoms with van der Waals surface area (Å²) in [4.78, 5) is 1.93. The maximum absolute atomic E-state index is 15.0. The zero-order valence-corrected chi connectivity index (χ0v) is 39.0. The molecule has 2 saturated carbocycles. The molecule has 2 fully saturated rings. The molecule has 18 heteroatoms. The third-order valence-corrected chi connectivity index (χ3v) is 17.1. The van der Waals surface area contributed by atoms with Crippen molar-refractivity contribution >= 4 is 65.5 Å². The quantitative estimate of drug-likeness (QED) is 0.104. The summed E-state index contributed by atoms with van der Waals surface area (Å²) in [6, 6.07) is 15.0. The van der Waals surface area contributed by atoms with E-state index in [0.717, 1.165) is 24.3 Å². The Hall–Kier alpha value is -1.67. The SMILES string of the molecule is CI.CO[C@H]1CCC[C@]2(S(=O)(=O)c3ccc(Cl)cc3)c3c(F)ccc(F)c3OCC12.O=S(=O)(c1ccc(Cl)cc1)[C@]12CCC[C@H](O)C1COc1c(F)ccc(F)c12.[H-].[Na+]. The van der Waals surface area contributed by atoms with Gasteiger partial charge in [-0.25, -0.2) is 34.4 Å². The molecule has 310 valence electrons. The Morgan fingerprint density at radius 1 is 0.672 bits per heavy atom. The number of sulfone groups is 2. The van der Waals surface area contributed by atoms with Crippen LogP contribution in [0.1, 0.15) is 51.1 Å². The first-order valence-electron chi connectivity index (χ1n) is 17.9. The number of hydrogen-bond donors (Lipinski definition) is 1. The van der Waals surface area contributed by atoms with Crippen molar-refractivity contribution in [3.05, 3.63) is 117 Å².